The largest absolute Gasteiger partial charge is 0.355 e. The summed E-state index contributed by atoms with van der Waals surface area (Å²) in [4.78, 5) is 16.1. The third kappa shape index (κ3) is 11.7. The highest BCUT2D eigenvalue weighted by atomic mass is 35.5. The monoisotopic (exact) mass is 407 g/mol. The fraction of sp³-hybridized carbons (Fsp3) is 0.667. The molecule has 1 heterocycles. The Morgan fingerprint density at radius 2 is 1.88 bits per heavy atom. The Labute approximate surface area is 168 Å². The molecule has 7 heteroatoms. The van der Waals surface area contributed by atoms with E-state index in [9.17, 15) is 4.79 Å². The third-order valence-electron chi connectivity index (χ3n) is 4.18. The van der Waals surface area contributed by atoms with E-state index < -0.39 is 0 Å². The van der Waals surface area contributed by atoms with Crippen molar-refractivity contribution < 1.29 is 4.79 Å². The molecule has 0 spiro atoms. The van der Waals surface area contributed by atoms with Gasteiger partial charge in [0.05, 0.1) is 5.69 Å². The van der Waals surface area contributed by atoms with Gasteiger partial charge in [-0.05, 0) is 25.0 Å². The van der Waals surface area contributed by atoms with Gasteiger partial charge in [-0.25, -0.2) is 0 Å². The van der Waals surface area contributed by atoms with Crippen molar-refractivity contribution in [3.05, 3.63) is 30.1 Å². The molecule has 0 atom stereocenters. The Morgan fingerprint density at radius 3 is 2.56 bits per heavy atom. The topological polar surface area (TPSA) is 54.0 Å². The highest BCUT2D eigenvalue weighted by molar-refractivity contribution is 7.98. The second kappa shape index (κ2) is 15.7. The molecule has 0 bridgehead atoms. The molecule has 1 aromatic heterocycles. The molecule has 2 rings (SSSR count). The summed E-state index contributed by atoms with van der Waals surface area (Å²) in [6.45, 7) is 1.62. The second-order valence-corrected chi connectivity index (χ2v) is 7.22. The smallest absolute Gasteiger partial charge is 0.220 e. The van der Waals surface area contributed by atoms with Crippen molar-refractivity contribution in [1.82, 2.24) is 15.6 Å². The van der Waals surface area contributed by atoms with E-state index in [1.165, 1.54) is 38.5 Å². The number of nitrogens with zero attached hydrogens (tertiary/aromatic N) is 1. The summed E-state index contributed by atoms with van der Waals surface area (Å²) in [7, 11) is 0. The molecule has 1 fully saturated rings. The van der Waals surface area contributed by atoms with Crippen molar-refractivity contribution in [2.24, 2.45) is 0 Å². The standard InChI is InChI=1S/C18H29N3OS.2ClH/c22-18(10-14-23-15-17-9-5-6-11-19-17)21-13-12-20-16-7-3-1-2-4-8-16;;/h5-6,9,11,16,20H,1-4,7-8,10,12-15H2,(H,21,22);2*1H. The Kier molecular flexibility index (Phi) is 15.4. The number of hydrogen-bond acceptors (Lipinski definition) is 4. The normalized spacial score (nSPS) is 14.7. The summed E-state index contributed by atoms with van der Waals surface area (Å²) in [5, 5.41) is 6.58. The summed E-state index contributed by atoms with van der Waals surface area (Å²) < 4.78 is 0. The Balaban J connectivity index is 0.00000288. The number of carbonyl (C=O) groups excluding carboxylic acids is 1. The molecule has 1 aromatic rings. The minimum absolute atomic E-state index is 0. The first-order chi connectivity index (χ1) is 11.3. The summed E-state index contributed by atoms with van der Waals surface area (Å²) in [5.74, 6) is 1.87. The maximum Gasteiger partial charge on any atom is 0.220 e. The van der Waals surface area contributed by atoms with Crippen LogP contribution in [0, 0.1) is 0 Å². The molecule has 144 valence electrons. The van der Waals surface area contributed by atoms with Crippen molar-refractivity contribution >= 4 is 42.5 Å². The van der Waals surface area contributed by atoms with Gasteiger partial charge in [0.1, 0.15) is 0 Å². The zero-order valence-electron chi connectivity index (χ0n) is 14.7. The minimum atomic E-state index is 0. The third-order valence-corrected chi connectivity index (χ3v) is 5.18. The van der Waals surface area contributed by atoms with Crippen LogP contribution in [-0.4, -0.2) is 35.8 Å². The van der Waals surface area contributed by atoms with Gasteiger partial charge in [0, 0.05) is 43.3 Å². The number of halogens is 2. The van der Waals surface area contributed by atoms with Gasteiger partial charge in [0.2, 0.25) is 5.91 Å². The molecular formula is C18H31Cl2N3OS. The molecule has 0 saturated heterocycles. The van der Waals surface area contributed by atoms with Crippen molar-refractivity contribution in [3.8, 4) is 0 Å². The number of amides is 1. The maximum atomic E-state index is 11.8. The van der Waals surface area contributed by atoms with Gasteiger partial charge >= 0.3 is 0 Å². The number of aromatic nitrogens is 1. The lowest BCUT2D eigenvalue weighted by Gasteiger charge is -2.16. The number of carbonyl (C=O) groups is 1. The van der Waals surface area contributed by atoms with Crippen LogP contribution in [0.4, 0.5) is 0 Å². The van der Waals surface area contributed by atoms with Crippen LogP contribution in [-0.2, 0) is 10.5 Å². The lowest BCUT2D eigenvalue weighted by Crippen LogP contribution is -2.36. The quantitative estimate of drug-likeness (QED) is 0.480. The van der Waals surface area contributed by atoms with Gasteiger partial charge in [0.15, 0.2) is 0 Å². The molecule has 0 aromatic carbocycles. The molecule has 1 saturated carbocycles. The Morgan fingerprint density at radius 1 is 1.12 bits per heavy atom. The molecule has 1 amide bonds. The van der Waals surface area contributed by atoms with Crippen LogP contribution in [0.1, 0.15) is 50.6 Å². The molecular weight excluding hydrogens is 377 g/mol. The fourth-order valence-corrected chi connectivity index (χ4v) is 3.73. The van der Waals surface area contributed by atoms with Crippen molar-refractivity contribution in [2.75, 3.05) is 18.8 Å². The van der Waals surface area contributed by atoms with Gasteiger partial charge in [-0.3, -0.25) is 9.78 Å². The van der Waals surface area contributed by atoms with E-state index in [0.717, 1.165) is 30.3 Å². The van der Waals surface area contributed by atoms with Crippen LogP contribution >= 0.6 is 36.6 Å². The number of hydrogen-bond donors (Lipinski definition) is 2. The zero-order valence-corrected chi connectivity index (χ0v) is 17.2. The van der Waals surface area contributed by atoms with Gasteiger partial charge in [-0.1, -0.05) is 31.7 Å². The molecule has 2 N–H and O–H groups in total. The van der Waals surface area contributed by atoms with Gasteiger partial charge in [-0.2, -0.15) is 11.8 Å². The fourth-order valence-electron chi connectivity index (χ4n) is 2.88. The number of rotatable bonds is 9. The summed E-state index contributed by atoms with van der Waals surface area (Å²) in [6.07, 6.45) is 10.4. The molecule has 4 nitrogen and oxygen atoms in total. The van der Waals surface area contributed by atoms with E-state index >= 15 is 0 Å². The van der Waals surface area contributed by atoms with Gasteiger partial charge in [-0.15, -0.1) is 24.8 Å². The average Bonchev–Trinajstić information content (AvgIpc) is 2.85. The summed E-state index contributed by atoms with van der Waals surface area (Å²) in [6, 6.07) is 6.59. The van der Waals surface area contributed by atoms with Crippen LogP contribution < -0.4 is 10.6 Å². The summed E-state index contributed by atoms with van der Waals surface area (Å²) in [5.41, 5.74) is 1.07. The van der Waals surface area contributed by atoms with Crippen molar-refractivity contribution in [3.63, 3.8) is 0 Å². The zero-order chi connectivity index (χ0) is 16.2. The van der Waals surface area contributed by atoms with E-state index in [1.807, 2.05) is 24.4 Å². The van der Waals surface area contributed by atoms with Crippen molar-refractivity contribution in [2.45, 2.75) is 56.7 Å². The molecule has 25 heavy (non-hydrogen) atoms. The predicted octanol–water partition coefficient (Wildman–Crippen LogP) is 3.98. The van der Waals surface area contributed by atoms with Gasteiger partial charge in [0.25, 0.3) is 0 Å². The van der Waals surface area contributed by atoms with Crippen LogP contribution in [0.3, 0.4) is 0 Å². The molecule has 0 unspecified atom stereocenters. The van der Waals surface area contributed by atoms with E-state index in [4.69, 9.17) is 0 Å². The molecule has 0 aliphatic heterocycles. The lowest BCUT2D eigenvalue weighted by atomic mass is 10.1. The number of nitrogens with one attached hydrogen (secondary N) is 2. The van der Waals surface area contributed by atoms with Crippen LogP contribution in [0.5, 0.6) is 0 Å². The van der Waals surface area contributed by atoms with Crippen LogP contribution in [0.25, 0.3) is 0 Å². The van der Waals surface area contributed by atoms with E-state index in [1.54, 1.807) is 11.8 Å². The van der Waals surface area contributed by atoms with Crippen molar-refractivity contribution in [1.29, 1.82) is 0 Å². The van der Waals surface area contributed by atoms with E-state index in [0.29, 0.717) is 12.5 Å². The highest BCUT2D eigenvalue weighted by Crippen LogP contribution is 2.16. The summed E-state index contributed by atoms with van der Waals surface area (Å²) >= 11 is 1.76. The van der Waals surface area contributed by atoms with E-state index in [-0.39, 0.29) is 30.7 Å². The van der Waals surface area contributed by atoms with Crippen LogP contribution in [0.15, 0.2) is 24.4 Å². The van der Waals surface area contributed by atoms with E-state index in [2.05, 4.69) is 15.6 Å². The Hall–Kier alpha value is -0.490. The second-order valence-electron chi connectivity index (χ2n) is 6.12. The molecule has 0 radical (unpaired) electrons. The number of pyridine rings is 1. The first-order valence-corrected chi connectivity index (χ1v) is 9.98. The number of thioether (sulfide) groups is 1. The average molecular weight is 408 g/mol. The first-order valence-electron chi connectivity index (χ1n) is 8.82. The lowest BCUT2D eigenvalue weighted by molar-refractivity contribution is -0.120. The predicted molar refractivity (Wildman–Crippen MR) is 112 cm³/mol. The minimum Gasteiger partial charge on any atom is -0.355 e. The maximum absolute atomic E-state index is 11.8. The molecule has 1 aliphatic carbocycles. The van der Waals surface area contributed by atoms with Crippen LogP contribution in [0.2, 0.25) is 0 Å². The van der Waals surface area contributed by atoms with Gasteiger partial charge < -0.3 is 10.6 Å². The molecule has 1 aliphatic rings. The highest BCUT2D eigenvalue weighted by Gasteiger charge is 2.10. The first kappa shape index (κ1) is 24.5. The SMILES string of the molecule is Cl.Cl.O=C(CCSCc1ccccn1)NCCNC1CCCCCC1. The Bertz CT molecular complexity index is 443.